The van der Waals surface area contributed by atoms with Gasteiger partial charge in [0.1, 0.15) is 11.6 Å². The van der Waals surface area contributed by atoms with E-state index in [-0.39, 0.29) is 0 Å². The van der Waals surface area contributed by atoms with Gasteiger partial charge in [-0.2, -0.15) is 5.26 Å². The zero-order valence-corrected chi connectivity index (χ0v) is 13.8. The molecule has 0 unspecified atom stereocenters. The molecular weight excluding hydrogens is 324 g/mol. The van der Waals surface area contributed by atoms with E-state index in [4.69, 9.17) is 4.42 Å². The van der Waals surface area contributed by atoms with Crippen molar-refractivity contribution in [2.24, 2.45) is 0 Å². The second kappa shape index (κ2) is 6.91. The Balaban J connectivity index is 1.91. The van der Waals surface area contributed by atoms with Crippen LogP contribution in [0.5, 0.6) is 0 Å². The van der Waals surface area contributed by atoms with E-state index in [1.807, 2.05) is 60.7 Å². The number of hydrogen-bond acceptors (Lipinski definition) is 5. The van der Waals surface area contributed by atoms with Gasteiger partial charge in [0, 0.05) is 16.8 Å². The maximum atomic E-state index is 9.76. The van der Waals surface area contributed by atoms with E-state index in [9.17, 15) is 5.26 Å². The second-order valence-corrected chi connectivity index (χ2v) is 5.60. The molecule has 0 saturated carbocycles. The summed E-state index contributed by atoms with van der Waals surface area (Å²) in [6.45, 7) is 0. The van der Waals surface area contributed by atoms with E-state index in [1.165, 1.54) is 0 Å². The third-order valence-electron chi connectivity index (χ3n) is 3.89. The molecule has 1 N–H and O–H groups in total. The fourth-order valence-electron chi connectivity index (χ4n) is 2.69. The average Bonchev–Trinajstić information content (AvgIpc) is 3.23. The van der Waals surface area contributed by atoms with E-state index >= 15 is 0 Å². The van der Waals surface area contributed by atoms with Crippen molar-refractivity contribution in [1.82, 2.24) is 9.97 Å². The van der Waals surface area contributed by atoms with E-state index in [0.29, 0.717) is 22.9 Å². The smallest absolute Gasteiger partial charge is 0.228 e. The summed E-state index contributed by atoms with van der Waals surface area (Å²) in [6.07, 6.45) is 3.13. The van der Waals surface area contributed by atoms with Gasteiger partial charge in [-0.15, -0.1) is 0 Å². The number of aromatic nitrogens is 2. The van der Waals surface area contributed by atoms with Gasteiger partial charge in [0.2, 0.25) is 5.95 Å². The summed E-state index contributed by atoms with van der Waals surface area (Å²) in [4.78, 5) is 9.17. The molecule has 2 aromatic carbocycles. The average molecular weight is 338 g/mol. The highest BCUT2D eigenvalue weighted by atomic mass is 16.3. The summed E-state index contributed by atoms with van der Waals surface area (Å²) in [6, 6.07) is 23.3. The summed E-state index contributed by atoms with van der Waals surface area (Å²) >= 11 is 0. The van der Waals surface area contributed by atoms with Crippen molar-refractivity contribution >= 4 is 11.6 Å². The van der Waals surface area contributed by atoms with Crippen molar-refractivity contribution in [3.63, 3.8) is 0 Å². The standard InChI is InChI=1S/C21H14N4O/c22-13-18-19(15-7-3-1-4-8-15)24-21(23-17-9-5-2-6-10-17)25-20(18)16-11-12-26-14-16/h1-12,14H,(H,23,24,25). The Bertz CT molecular complexity index is 1050. The fourth-order valence-corrected chi connectivity index (χ4v) is 2.69. The van der Waals surface area contributed by atoms with Crippen LogP contribution in [0, 0.1) is 11.3 Å². The monoisotopic (exact) mass is 338 g/mol. The molecule has 4 rings (SSSR count). The van der Waals surface area contributed by atoms with Crippen molar-refractivity contribution in [3.05, 3.63) is 84.8 Å². The Morgan fingerprint density at radius 2 is 1.46 bits per heavy atom. The molecule has 0 aliphatic rings. The summed E-state index contributed by atoms with van der Waals surface area (Å²) in [5, 5.41) is 13.0. The highest BCUT2D eigenvalue weighted by molar-refractivity contribution is 5.78. The molecule has 5 heteroatoms. The van der Waals surface area contributed by atoms with Crippen molar-refractivity contribution in [1.29, 1.82) is 5.26 Å². The number of benzene rings is 2. The highest BCUT2D eigenvalue weighted by Crippen LogP contribution is 2.31. The lowest BCUT2D eigenvalue weighted by Crippen LogP contribution is -2.03. The molecular formula is C21H14N4O. The van der Waals surface area contributed by atoms with Gasteiger partial charge in [0.15, 0.2) is 0 Å². The Labute approximate surface area is 150 Å². The minimum atomic E-state index is 0.413. The van der Waals surface area contributed by atoms with Gasteiger partial charge >= 0.3 is 0 Å². The quantitative estimate of drug-likeness (QED) is 0.565. The van der Waals surface area contributed by atoms with Crippen LogP contribution in [0.15, 0.2) is 83.7 Å². The van der Waals surface area contributed by atoms with E-state index in [2.05, 4.69) is 21.4 Å². The zero-order valence-electron chi connectivity index (χ0n) is 13.8. The van der Waals surface area contributed by atoms with Gasteiger partial charge in [-0.25, -0.2) is 9.97 Å². The minimum absolute atomic E-state index is 0.413. The lowest BCUT2D eigenvalue weighted by atomic mass is 10.0. The molecule has 0 saturated heterocycles. The predicted octanol–water partition coefficient (Wildman–Crippen LogP) is 5.02. The van der Waals surface area contributed by atoms with Crippen LogP contribution in [0.1, 0.15) is 5.56 Å². The number of nitriles is 1. The molecule has 0 fully saturated rings. The minimum Gasteiger partial charge on any atom is -0.472 e. The summed E-state index contributed by atoms with van der Waals surface area (Å²) in [5.41, 5.74) is 3.99. The Hall–Kier alpha value is -3.91. The number of para-hydroxylation sites is 1. The van der Waals surface area contributed by atoms with Gasteiger partial charge in [-0.05, 0) is 18.2 Å². The lowest BCUT2D eigenvalue weighted by Gasteiger charge is -2.12. The Morgan fingerprint density at radius 1 is 0.808 bits per heavy atom. The van der Waals surface area contributed by atoms with E-state index < -0.39 is 0 Å². The molecule has 0 radical (unpaired) electrons. The molecule has 5 nitrogen and oxygen atoms in total. The fraction of sp³-hybridized carbons (Fsp3) is 0. The van der Waals surface area contributed by atoms with Crippen LogP contribution >= 0.6 is 0 Å². The normalized spacial score (nSPS) is 10.3. The summed E-state index contributed by atoms with van der Waals surface area (Å²) < 4.78 is 5.18. The predicted molar refractivity (Wildman–Crippen MR) is 99.6 cm³/mol. The summed E-state index contributed by atoms with van der Waals surface area (Å²) in [7, 11) is 0. The number of nitrogens with zero attached hydrogens (tertiary/aromatic N) is 3. The lowest BCUT2D eigenvalue weighted by molar-refractivity contribution is 0.568. The molecule has 0 aliphatic heterocycles. The van der Waals surface area contributed by atoms with Crippen LogP contribution in [0.3, 0.4) is 0 Å². The summed E-state index contributed by atoms with van der Waals surface area (Å²) in [5.74, 6) is 0.422. The second-order valence-electron chi connectivity index (χ2n) is 5.60. The molecule has 26 heavy (non-hydrogen) atoms. The van der Waals surface area contributed by atoms with Gasteiger partial charge in [-0.1, -0.05) is 48.5 Å². The van der Waals surface area contributed by atoms with Crippen molar-refractivity contribution < 1.29 is 4.42 Å². The van der Waals surface area contributed by atoms with Crippen LogP contribution in [0.4, 0.5) is 11.6 Å². The topological polar surface area (TPSA) is 74.7 Å². The van der Waals surface area contributed by atoms with Crippen LogP contribution < -0.4 is 5.32 Å². The Morgan fingerprint density at radius 3 is 2.08 bits per heavy atom. The van der Waals surface area contributed by atoms with Gasteiger partial charge in [0.05, 0.1) is 23.9 Å². The molecule has 0 spiro atoms. The molecule has 0 aliphatic carbocycles. The van der Waals surface area contributed by atoms with Crippen molar-refractivity contribution in [2.75, 3.05) is 5.32 Å². The SMILES string of the molecule is N#Cc1c(-c2ccccc2)nc(Nc2ccccc2)nc1-c1ccoc1. The first-order valence-electron chi connectivity index (χ1n) is 8.07. The number of hydrogen-bond donors (Lipinski definition) is 1. The number of furan rings is 1. The molecule has 0 atom stereocenters. The molecule has 2 heterocycles. The van der Waals surface area contributed by atoms with Crippen LogP contribution in [0.25, 0.3) is 22.5 Å². The van der Waals surface area contributed by atoms with Crippen molar-refractivity contribution in [2.45, 2.75) is 0 Å². The van der Waals surface area contributed by atoms with Crippen LogP contribution in [-0.4, -0.2) is 9.97 Å². The van der Waals surface area contributed by atoms with E-state index in [1.54, 1.807) is 18.6 Å². The first-order valence-corrected chi connectivity index (χ1v) is 8.07. The van der Waals surface area contributed by atoms with Gasteiger partial charge < -0.3 is 9.73 Å². The maximum absolute atomic E-state index is 9.76. The molecule has 0 amide bonds. The van der Waals surface area contributed by atoms with Gasteiger partial charge in [0.25, 0.3) is 0 Å². The largest absolute Gasteiger partial charge is 0.472 e. The first kappa shape index (κ1) is 15.6. The first-order chi connectivity index (χ1) is 12.8. The number of rotatable bonds is 4. The third-order valence-corrected chi connectivity index (χ3v) is 3.89. The van der Waals surface area contributed by atoms with Crippen molar-refractivity contribution in [3.8, 4) is 28.6 Å². The Kier molecular flexibility index (Phi) is 4.15. The molecule has 4 aromatic rings. The molecule has 0 bridgehead atoms. The third kappa shape index (κ3) is 3.04. The molecule has 2 aromatic heterocycles. The number of nitrogens with one attached hydrogen (secondary N) is 1. The molecule has 124 valence electrons. The highest BCUT2D eigenvalue weighted by Gasteiger charge is 2.18. The number of anilines is 2. The van der Waals surface area contributed by atoms with E-state index in [0.717, 1.165) is 16.8 Å². The van der Waals surface area contributed by atoms with Crippen LogP contribution in [-0.2, 0) is 0 Å². The van der Waals surface area contributed by atoms with Gasteiger partial charge in [-0.3, -0.25) is 0 Å². The maximum Gasteiger partial charge on any atom is 0.228 e. The zero-order chi connectivity index (χ0) is 17.8. The van der Waals surface area contributed by atoms with Crippen LogP contribution in [0.2, 0.25) is 0 Å².